The molecule has 3 heteroatoms. The summed E-state index contributed by atoms with van der Waals surface area (Å²) >= 11 is 3.76. The van der Waals surface area contributed by atoms with Crippen LogP contribution in [-0.2, 0) is 0 Å². The van der Waals surface area contributed by atoms with E-state index in [0.29, 0.717) is 0 Å². The Kier molecular flexibility index (Phi) is 6.36. The van der Waals surface area contributed by atoms with Crippen molar-refractivity contribution in [2.75, 3.05) is 4.90 Å². The van der Waals surface area contributed by atoms with Crippen LogP contribution in [-0.4, -0.2) is 0 Å². The van der Waals surface area contributed by atoms with E-state index >= 15 is 0 Å². The number of anilines is 3. The number of fused-ring (bicyclic) bond motifs is 10. The van der Waals surface area contributed by atoms with E-state index in [9.17, 15) is 0 Å². The summed E-state index contributed by atoms with van der Waals surface area (Å²) in [6.45, 7) is 0. The molecule has 11 rings (SSSR count). The average molecular weight is 684 g/mol. The molecule has 51 heavy (non-hydrogen) atoms. The zero-order chi connectivity index (χ0) is 33.5. The van der Waals surface area contributed by atoms with Gasteiger partial charge in [0.15, 0.2) is 0 Å². The van der Waals surface area contributed by atoms with Gasteiger partial charge in [-0.15, -0.1) is 22.7 Å². The Bertz CT molecular complexity index is 3150. The zero-order valence-corrected chi connectivity index (χ0v) is 29.1. The molecule has 0 bridgehead atoms. The minimum absolute atomic E-state index is 1.14. The predicted octanol–water partition coefficient (Wildman–Crippen LogP) is 15.0. The molecule has 0 atom stereocenters. The molecule has 11 aromatic rings. The quantitative estimate of drug-likeness (QED) is 0.167. The van der Waals surface area contributed by atoms with Crippen LogP contribution < -0.4 is 4.90 Å². The predicted molar refractivity (Wildman–Crippen MR) is 225 cm³/mol. The first-order valence-corrected chi connectivity index (χ1v) is 19.0. The summed E-state index contributed by atoms with van der Waals surface area (Å²) in [5.41, 5.74) is 5.97. The van der Waals surface area contributed by atoms with E-state index in [1.54, 1.807) is 0 Å². The lowest BCUT2D eigenvalue weighted by Gasteiger charge is -2.27. The molecule has 0 aliphatic heterocycles. The average Bonchev–Trinajstić information content (AvgIpc) is 3.76. The van der Waals surface area contributed by atoms with Gasteiger partial charge in [-0.1, -0.05) is 121 Å². The first kappa shape index (κ1) is 28.8. The number of benzene rings is 9. The summed E-state index contributed by atoms with van der Waals surface area (Å²) in [7, 11) is 0. The Morgan fingerprint density at radius 2 is 1.00 bits per heavy atom. The Morgan fingerprint density at radius 1 is 0.353 bits per heavy atom. The number of hydrogen-bond acceptors (Lipinski definition) is 3. The van der Waals surface area contributed by atoms with Gasteiger partial charge in [-0.2, -0.15) is 0 Å². The number of thiophene rings is 2. The Morgan fingerprint density at radius 3 is 1.86 bits per heavy atom. The summed E-state index contributed by atoms with van der Waals surface area (Å²) in [6, 6.07) is 65.0. The van der Waals surface area contributed by atoms with Gasteiger partial charge in [0.2, 0.25) is 0 Å². The lowest BCUT2D eigenvalue weighted by atomic mass is 9.98. The van der Waals surface area contributed by atoms with Crippen molar-refractivity contribution in [2.45, 2.75) is 0 Å². The van der Waals surface area contributed by atoms with Crippen molar-refractivity contribution in [2.24, 2.45) is 0 Å². The second kappa shape index (κ2) is 11.3. The van der Waals surface area contributed by atoms with Crippen LogP contribution in [0, 0.1) is 0 Å². The summed E-state index contributed by atoms with van der Waals surface area (Å²) in [4.78, 5) is 2.46. The molecular weight excluding hydrogens is 655 g/mol. The third kappa shape index (κ3) is 4.52. The van der Waals surface area contributed by atoms with E-state index in [2.05, 4.69) is 181 Å². The van der Waals surface area contributed by atoms with Gasteiger partial charge in [0.25, 0.3) is 0 Å². The highest BCUT2D eigenvalue weighted by atomic mass is 32.1. The molecule has 0 spiro atoms. The summed E-state index contributed by atoms with van der Waals surface area (Å²) in [6.07, 6.45) is 0. The molecule has 0 aliphatic rings. The monoisotopic (exact) mass is 683 g/mol. The van der Waals surface area contributed by atoms with Crippen LogP contribution in [0.4, 0.5) is 17.1 Å². The Balaban J connectivity index is 1.14. The maximum atomic E-state index is 2.46. The van der Waals surface area contributed by atoms with Gasteiger partial charge >= 0.3 is 0 Å². The Labute approximate surface area is 302 Å². The summed E-state index contributed by atoms with van der Waals surface area (Å²) < 4.78 is 5.26. The van der Waals surface area contributed by atoms with Crippen molar-refractivity contribution in [1.29, 1.82) is 0 Å². The van der Waals surface area contributed by atoms with Gasteiger partial charge in [-0.25, -0.2) is 0 Å². The fourth-order valence-corrected chi connectivity index (χ4v) is 10.4. The normalized spacial score (nSPS) is 11.9. The number of nitrogens with zero attached hydrogens (tertiary/aromatic N) is 1. The maximum absolute atomic E-state index is 2.46. The van der Waals surface area contributed by atoms with Crippen LogP contribution in [0.5, 0.6) is 0 Å². The molecule has 0 unspecified atom stereocenters. The van der Waals surface area contributed by atoms with Crippen molar-refractivity contribution in [3.05, 3.63) is 176 Å². The molecular formula is C48H29NS2. The molecule has 0 N–H and O–H groups in total. The van der Waals surface area contributed by atoms with Crippen LogP contribution >= 0.6 is 22.7 Å². The second-order valence-electron chi connectivity index (χ2n) is 13.3. The van der Waals surface area contributed by atoms with Gasteiger partial charge < -0.3 is 4.90 Å². The molecule has 2 aromatic heterocycles. The van der Waals surface area contributed by atoms with E-state index in [0.717, 1.165) is 11.4 Å². The summed E-state index contributed by atoms with van der Waals surface area (Å²) in [5, 5.41) is 12.9. The number of rotatable bonds is 4. The lowest BCUT2D eigenvalue weighted by molar-refractivity contribution is 1.31. The van der Waals surface area contributed by atoms with Gasteiger partial charge in [0.05, 0.1) is 10.4 Å². The topological polar surface area (TPSA) is 3.24 Å². The van der Waals surface area contributed by atoms with Gasteiger partial charge in [0.1, 0.15) is 0 Å². The molecule has 0 saturated carbocycles. The first-order valence-electron chi connectivity index (χ1n) is 17.3. The van der Waals surface area contributed by atoms with E-state index in [-0.39, 0.29) is 0 Å². The van der Waals surface area contributed by atoms with Crippen LogP contribution in [0.3, 0.4) is 0 Å². The minimum Gasteiger partial charge on any atom is -0.309 e. The van der Waals surface area contributed by atoms with E-state index in [4.69, 9.17) is 0 Å². The van der Waals surface area contributed by atoms with E-state index in [1.165, 1.54) is 89.5 Å². The molecule has 0 saturated heterocycles. The molecule has 238 valence electrons. The van der Waals surface area contributed by atoms with Crippen molar-refractivity contribution in [1.82, 2.24) is 0 Å². The highest BCUT2D eigenvalue weighted by molar-refractivity contribution is 7.26. The molecule has 9 aromatic carbocycles. The lowest BCUT2D eigenvalue weighted by Crippen LogP contribution is -2.10. The standard InChI is InChI=1S/C48H29NS2/c1-2-11-34-28-46-42(27-33(34)10-1)39-15-7-16-43(48(39)51-46)49(36-26-23-32-20-19-30-9-3-4-12-37(30)41(32)29-36)35-24-21-31(22-25-35)38-14-8-18-45-47(38)40-13-5-6-17-44(40)50-45/h1-29H. The van der Waals surface area contributed by atoms with Crippen LogP contribution in [0.1, 0.15) is 0 Å². The molecule has 0 radical (unpaired) electrons. The maximum Gasteiger partial charge on any atom is 0.0640 e. The molecule has 0 amide bonds. The second-order valence-corrected chi connectivity index (χ2v) is 15.4. The molecule has 0 fully saturated rings. The van der Waals surface area contributed by atoms with Crippen molar-refractivity contribution >= 4 is 112 Å². The number of hydrogen-bond donors (Lipinski definition) is 0. The van der Waals surface area contributed by atoms with Gasteiger partial charge in [-0.05, 0) is 98.0 Å². The van der Waals surface area contributed by atoms with E-state index < -0.39 is 0 Å². The van der Waals surface area contributed by atoms with Crippen molar-refractivity contribution in [3.8, 4) is 11.1 Å². The van der Waals surface area contributed by atoms with Gasteiger partial charge in [-0.3, -0.25) is 0 Å². The van der Waals surface area contributed by atoms with E-state index in [1.807, 2.05) is 22.7 Å². The fraction of sp³-hybridized carbons (Fsp3) is 0. The first-order chi connectivity index (χ1) is 25.3. The smallest absolute Gasteiger partial charge is 0.0640 e. The minimum atomic E-state index is 1.14. The molecule has 2 heterocycles. The largest absolute Gasteiger partial charge is 0.309 e. The zero-order valence-electron chi connectivity index (χ0n) is 27.5. The third-order valence-electron chi connectivity index (χ3n) is 10.4. The molecule has 1 nitrogen and oxygen atoms in total. The van der Waals surface area contributed by atoms with Crippen LogP contribution in [0.25, 0.3) is 83.8 Å². The van der Waals surface area contributed by atoms with Crippen molar-refractivity contribution < 1.29 is 0 Å². The fourth-order valence-electron chi connectivity index (χ4n) is 8.01. The highest BCUT2D eigenvalue weighted by Crippen LogP contribution is 2.47. The Hall–Kier alpha value is -6.00. The van der Waals surface area contributed by atoms with Crippen LogP contribution in [0.15, 0.2) is 176 Å². The molecule has 0 aliphatic carbocycles. The SMILES string of the molecule is c1ccc2cc3c(cc2c1)sc1c(N(c2ccc(-c4cccc5sc6ccccc6c45)cc2)c2ccc4ccc5ccccc5c4c2)cccc13. The van der Waals surface area contributed by atoms with Gasteiger partial charge in [0, 0.05) is 47.0 Å². The summed E-state index contributed by atoms with van der Waals surface area (Å²) in [5.74, 6) is 0. The highest BCUT2D eigenvalue weighted by Gasteiger charge is 2.20. The van der Waals surface area contributed by atoms with Crippen molar-refractivity contribution in [3.63, 3.8) is 0 Å². The van der Waals surface area contributed by atoms with Crippen LogP contribution in [0.2, 0.25) is 0 Å². The third-order valence-corrected chi connectivity index (χ3v) is 12.7.